The van der Waals surface area contributed by atoms with Gasteiger partial charge in [-0.1, -0.05) is 371 Å². The Labute approximate surface area is 587 Å². The number of aliphatic hydroxyl groups excluding tert-OH is 7. The molecule has 0 saturated carbocycles. The molecule has 1 heterocycles. The van der Waals surface area contributed by atoms with Gasteiger partial charge in [-0.15, -0.1) is 0 Å². The highest BCUT2D eigenvalue weighted by molar-refractivity contribution is 5.80. The normalized spacial score (nSPS) is 18.3. The molecule has 1 rings (SSSR count). The third-order valence-corrected chi connectivity index (χ3v) is 20.1. The number of hydrogen-bond acceptors (Lipinski definition) is 10. The number of allylic oxidation sites excluding steroid dienone is 8. The number of aliphatic hydroxyl groups is 7. The van der Waals surface area contributed by atoms with Crippen molar-refractivity contribution in [2.45, 2.75) is 467 Å². The molecule has 0 radical (unpaired) electrons. The average Bonchev–Trinajstić information content (AvgIpc) is 0.832. The van der Waals surface area contributed by atoms with Gasteiger partial charge in [-0.2, -0.15) is 0 Å². The van der Waals surface area contributed by atoms with Gasteiger partial charge in [-0.3, -0.25) is 4.79 Å². The summed E-state index contributed by atoms with van der Waals surface area (Å²) in [6.45, 7) is 3.50. The van der Waals surface area contributed by atoms with Crippen molar-refractivity contribution in [3.63, 3.8) is 0 Å². The molecule has 95 heavy (non-hydrogen) atoms. The van der Waals surface area contributed by atoms with Gasteiger partial charge in [-0.05, 0) is 89.9 Å². The maximum atomic E-state index is 13.3. The molecule has 1 amide bonds. The first-order chi connectivity index (χ1) is 46.7. The smallest absolute Gasteiger partial charge is 0.249 e. The molecule has 0 spiro atoms. The van der Waals surface area contributed by atoms with Crippen molar-refractivity contribution in [3.8, 4) is 0 Å². The van der Waals surface area contributed by atoms with Crippen LogP contribution in [0.1, 0.15) is 412 Å². The third kappa shape index (κ3) is 58.4. The first-order valence-electron chi connectivity index (χ1n) is 41.5. The zero-order valence-corrected chi connectivity index (χ0v) is 62.4. The number of ether oxygens (including phenoxy) is 2. The molecular formula is C84H159NO10. The van der Waals surface area contributed by atoms with E-state index in [-0.39, 0.29) is 12.8 Å². The molecule has 560 valence electrons. The van der Waals surface area contributed by atoms with Gasteiger partial charge >= 0.3 is 0 Å². The molecule has 0 aliphatic carbocycles. The first-order valence-corrected chi connectivity index (χ1v) is 41.5. The van der Waals surface area contributed by atoms with Crippen LogP contribution in [0.15, 0.2) is 48.6 Å². The molecule has 8 N–H and O–H groups in total. The molecule has 9 unspecified atom stereocenters. The number of carbonyl (C=O) groups is 1. The number of unbranched alkanes of at least 4 members (excludes halogenated alkanes) is 54. The molecule has 0 aromatic rings. The van der Waals surface area contributed by atoms with Crippen LogP contribution in [0.2, 0.25) is 0 Å². The van der Waals surface area contributed by atoms with Crippen molar-refractivity contribution in [1.82, 2.24) is 5.32 Å². The predicted molar refractivity (Wildman–Crippen MR) is 404 cm³/mol. The third-order valence-electron chi connectivity index (χ3n) is 20.1. The van der Waals surface area contributed by atoms with Crippen LogP contribution in [-0.4, -0.2) is 110 Å². The Morgan fingerprint density at radius 2 is 0.632 bits per heavy atom. The lowest BCUT2D eigenvalue weighted by Crippen LogP contribution is -2.60. The Kier molecular flexibility index (Phi) is 68.9. The van der Waals surface area contributed by atoms with Crippen molar-refractivity contribution < 1.29 is 50.0 Å². The Balaban J connectivity index is 2.15. The fourth-order valence-corrected chi connectivity index (χ4v) is 13.5. The van der Waals surface area contributed by atoms with E-state index in [0.29, 0.717) is 19.3 Å². The molecule has 11 nitrogen and oxygen atoms in total. The zero-order valence-electron chi connectivity index (χ0n) is 62.4. The largest absolute Gasteiger partial charge is 0.394 e. The van der Waals surface area contributed by atoms with Crippen molar-refractivity contribution in [2.75, 3.05) is 13.2 Å². The SMILES string of the molecule is CCCCCCCCCCCCCCCCCC/C=C\CCCCCCCCCCCCCCCCCCC(O)C(=O)NC(COC1OC(CO)C(O)C(O)C1O)C(O)C(O)CCC/C=C/CC/C=C/CC/C=C/CCCCCCCCCCCCCCCCCCCCC. The number of carbonyl (C=O) groups excluding carboxylic acids is 1. The fourth-order valence-electron chi connectivity index (χ4n) is 13.5. The Hall–Kier alpha value is -1.93. The quantitative estimate of drug-likeness (QED) is 0.0215. The molecule has 11 heteroatoms. The standard InChI is InChI=1S/C84H159NO10/c1-3-5-7-9-11-13-15-17-19-21-23-25-27-29-31-33-35-37-38-39-40-42-44-46-48-50-52-54-56-58-60-62-64-66-68-70-72-77(88)83(93)85-75(74-94-84-82(92)81(91)80(90)78(73-86)95-84)79(89)76(87)71-69-67-65-63-61-59-57-55-53-51-49-47-45-43-41-36-34-32-30-28-26-24-22-20-18-16-14-12-10-8-6-4-2/h37-38,47,49,55,57,63,65,75-82,84,86-92H,3-36,39-46,48,50-54,56,58-62,64,66-74H2,1-2H3,(H,85,93)/b38-37-,49-47+,57-55+,65-63+. The van der Waals surface area contributed by atoms with Crippen molar-refractivity contribution in [3.05, 3.63) is 48.6 Å². The predicted octanol–water partition coefficient (Wildman–Crippen LogP) is 21.8. The number of nitrogens with one attached hydrogen (secondary N) is 1. The maximum absolute atomic E-state index is 13.3. The molecule has 9 atom stereocenters. The highest BCUT2D eigenvalue weighted by atomic mass is 16.7. The molecule has 1 aliphatic rings. The second kappa shape index (κ2) is 71.9. The van der Waals surface area contributed by atoms with Gasteiger partial charge < -0.3 is 50.5 Å². The van der Waals surface area contributed by atoms with E-state index < -0.39 is 74.2 Å². The molecule has 0 aromatic heterocycles. The molecule has 0 bridgehead atoms. The van der Waals surface area contributed by atoms with E-state index in [2.05, 4.69) is 67.8 Å². The second-order valence-corrected chi connectivity index (χ2v) is 29.2. The summed E-state index contributed by atoms with van der Waals surface area (Å²) in [7, 11) is 0. The van der Waals surface area contributed by atoms with E-state index in [9.17, 15) is 40.5 Å². The summed E-state index contributed by atoms with van der Waals surface area (Å²) in [6.07, 6.45) is 85.4. The molecular weight excluding hydrogens is 1180 g/mol. The fraction of sp³-hybridized carbons (Fsp3) is 0.893. The molecule has 1 aliphatic heterocycles. The zero-order chi connectivity index (χ0) is 68.8. The lowest BCUT2D eigenvalue weighted by atomic mass is 9.98. The van der Waals surface area contributed by atoms with Crippen molar-refractivity contribution >= 4 is 5.91 Å². The van der Waals surface area contributed by atoms with Crippen LogP contribution in [-0.2, 0) is 14.3 Å². The lowest BCUT2D eigenvalue weighted by molar-refractivity contribution is -0.303. The Bertz CT molecular complexity index is 1690. The second-order valence-electron chi connectivity index (χ2n) is 29.2. The van der Waals surface area contributed by atoms with Crippen LogP contribution in [0, 0.1) is 0 Å². The van der Waals surface area contributed by atoms with Crippen LogP contribution in [0.25, 0.3) is 0 Å². The van der Waals surface area contributed by atoms with Crippen LogP contribution in [0.5, 0.6) is 0 Å². The summed E-state index contributed by atoms with van der Waals surface area (Å²) < 4.78 is 11.2. The van der Waals surface area contributed by atoms with Crippen LogP contribution in [0.3, 0.4) is 0 Å². The molecule has 1 saturated heterocycles. The van der Waals surface area contributed by atoms with Crippen molar-refractivity contribution in [2.24, 2.45) is 0 Å². The van der Waals surface area contributed by atoms with Gasteiger partial charge in [0, 0.05) is 0 Å². The van der Waals surface area contributed by atoms with E-state index in [1.54, 1.807) is 0 Å². The number of hydrogen-bond donors (Lipinski definition) is 8. The van der Waals surface area contributed by atoms with Crippen molar-refractivity contribution in [1.29, 1.82) is 0 Å². The van der Waals surface area contributed by atoms with Gasteiger partial charge in [0.05, 0.1) is 25.4 Å². The van der Waals surface area contributed by atoms with E-state index in [0.717, 1.165) is 44.9 Å². The van der Waals surface area contributed by atoms with E-state index in [1.807, 2.05) is 0 Å². The summed E-state index contributed by atoms with van der Waals surface area (Å²) in [5.41, 5.74) is 0. The topological polar surface area (TPSA) is 189 Å². The van der Waals surface area contributed by atoms with Gasteiger partial charge in [0.1, 0.15) is 36.6 Å². The van der Waals surface area contributed by atoms with Gasteiger partial charge in [0.25, 0.3) is 0 Å². The minimum atomic E-state index is -1.68. The Morgan fingerprint density at radius 1 is 0.358 bits per heavy atom. The van der Waals surface area contributed by atoms with Gasteiger partial charge in [-0.25, -0.2) is 0 Å². The Morgan fingerprint density at radius 3 is 0.937 bits per heavy atom. The van der Waals surface area contributed by atoms with Gasteiger partial charge in [0.15, 0.2) is 6.29 Å². The van der Waals surface area contributed by atoms with E-state index >= 15 is 0 Å². The van der Waals surface area contributed by atoms with Crippen LogP contribution < -0.4 is 5.32 Å². The highest BCUT2D eigenvalue weighted by Gasteiger charge is 2.44. The summed E-state index contributed by atoms with van der Waals surface area (Å²) in [4.78, 5) is 13.3. The first kappa shape index (κ1) is 91.1. The lowest BCUT2D eigenvalue weighted by Gasteiger charge is -2.40. The summed E-state index contributed by atoms with van der Waals surface area (Å²) in [5.74, 6) is -0.706. The molecule has 1 fully saturated rings. The van der Waals surface area contributed by atoms with Crippen LogP contribution in [0.4, 0.5) is 0 Å². The highest BCUT2D eigenvalue weighted by Crippen LogP contribution is 2.24. The summed E-state index contributed by atoms with van der Waals surface area (Å²) >= 11 is 0. The van der Waals surface area contributed by atoms with Gasteiger partial charge in [0.2, 0.25) is 5.91 Å². The minimum Gasteiger partial charge on any atom is -0.394 e. The molecule has 0 aromatic carbocycles. The average molecular weight is 1340 g/mol. The number of rotatable bonds is 74. The van der Waals surface area contributed by atoms with Crippen LogP contribution >= 0.6 is 0 Å². The summed E-state index contributed by atoms with van der Waals surface area (Å²) in [5, 5.41) is 76.7. The number of amides is 1. The van der Waals surface area contributed by atoms with E-state index in [4.69, 9.17) is 9.47 Å². The van der Waals surface area contributed by atoms with E-state index in [1.165, 1.54) is 321 Å². The maximum Gasteiger partial charge on any atom is 0.249 e. The monoisotopic (exact) mass is 1340 g/mol. The summed E-state index contributed by atoms with van der Waals surface area (Å²) in [6, 6.07) is -1.20. The minimum absolute atomic E-state index is 0.242.